The average Bonchev–Trinajstić information content (AvgIpc) is 3.33. The summed E-state index contributed by atoms with van der Waals surface area (Å²) in [5.41, 5.74) is 12.4. The number of halogens is 2. The first-order valence-corrected chi connectivity index (χ1v) is 12.1. The van der Waals surface area contributed by atoms with Crippen LogP contribution in [-0.2, 0) is 18.9 Å². The molecular weight excluding hydrogens is 551 g/mol. The van der Waals surface area contributed by atoms with Crippen LogP contribution in [0.25, 0.3) is 0 Å². The average molecular weight is 592 g/mol. The summed E-state index contributed by atoms with van der Waals surface area (Å²) in [5, 5.41) is 27.1. The van der Waals surface area contributed by atoms with Crippen molar-refractivity contribution in [2.75, 3.05) is 45.3 Å². The van der Waals surface area contributed by atoms with E-state index in [1.807, 2.05) is 58.3 Å². The SMILES string of the molecule is CN(C)CCCOC1C(C(O)CO)OC2OC(C)(C)OC21.Cl.Cl.Nc1ccc(N=Nc2ccccc2)c(N)n1. The van der Waals surface area contributed by atoms with Crippen LogP contribution in [0, 0.1) is 0 Å². The van der Waals surface area contributed by atoms with Gasteiger partial charge in [0.2, 0.25) is 0 Å². The molecule has 2 aliphatic rings. The van der Waals surface area contributed by atoms with Crippen molar-refractivity contribution in [3.63, 3.8) is 0 Å². The normalized spacial score (nSPS) is 23.9. The summed E-state index contributed by atoms with van der Waals surface area (Å²) in [5.74, 6) is -0.0775. The van der Waals surface area contributed by atoms with E-state index in [9.17, 15) is 5.11 Å². The molecule has 0 spiro atoms. The maximum absolute atomic E-state index is 9.88. The van der Waals surface area contributed by atoms with Crippen molar-refractivity contribution in [3.05, 3.63) is 42.5 Å². The lowest BCUT2D eigenvalue weighted by Crippen LogP contribution is -2.44. The van der Waals surface area contributed by atoms with Crippen LogP contribution in [0.5, 0.6) is 0 Å². The molecule has 14 heteroatoms. The molecule has 6 N–H and O–H groups in total. The minimum Gasteiger partial charge on any atom is -0.394 e. The summed E-state index contributed by atoms with van der Waals surface area (Å²) in [6, 6.07) is 12.7. The van der Waals surface area contributed by atoms with Gasteiger partial charge in [0.1, 0.15) is 35.9 Å². The molecule has 1 aromatic heterocycles. The van der Waals surface area contributed by atoms with Crippen LogP contribution >= 0.6 is 24.8 Å². The number of nitrogens with zero attached hydrogens (tertiary/aromatic N) is 4. The van der Waals surface area contributed by atoms with Crippen molar-refractivity contribution in [3.8, 4) is 0 Å². The van der Waals surface area contributed by atoms with Crippen LogP contribution in [0.15, 0.2) is 52.7 Å². The van der Waals surface area contributed by atoms with Crippen LogP contribution in [0.3, 0.4) is 0 Å². The van der Waals surface area contributed by atoms with Gasteiger partial charge in [-0.05, 0) is 65.2 Å². The van der Waals surface area contributed by atoms with E-state index in [4.69, 9.17) is 35.5 Å². The topological polar surface area (TPSA) is 170 Å². The lowest BCUT2D eigenvalue weighted by molar-refractivity contribution is -0.231. The van der Waals surface area contributed by atoms with Gasteiger partial charge < -0.3 is 45.5 Å². The largest absolute Gasteiger partial charge is 0.394 e. The van der Waals surface area contributed by atoms with E-state index in [-0.39, 0.29) is 43.3 Å². The van der Waals surface area contributed by atoms with Gasteiger partial charge in [0.15, 0.2) is 17.9 Å². The van der Waals surface area contributed by atoms with Gasteiger partial charge in [-0.25, -0.2) is 4.98 Å². The zero-order valence-electron chi connectivity index (χ0n) is 22.5. The van der Waals surface area contributed by atoms with Crippen LogP contribution in [0.2, 0.25) is 0 Å². The van der Waals surface area contributed by atoms with E-state index >= 15 is 0 Å². The molecule has 5 atom stereocenters. The van der Waals surface area contributed by atoms with Crippen molar-refractivity contribution < 1.29 is 29.2 Å². The fourth-order valence-corrected chi connectivity index (χ4v) is 3.88. The molecule has 0 amide bonds. The van der Waals surface area contributed by atoms with E-state index in [1.165, 1.54) is 0 Å². The number of fused-ring (bicyclic) bond motifs is 1. The van der Waals surface area contributed by atoms with E-state index in [0.29, 0.717) is 18.1 Å². The van der Waals surface area contributed by atoms with Gasteiger partial charge in [-0.1, -0.05) is 18.2 Å². The number of anilines is 2. The van der Waals surface area contributed by atoms with Gasteiger partial charge in [-0.2, -0.15) is 5.11 Å². The highest BCUT2D eigenvalue weighted by Gasteiger charge is 2.56. The zero-order valence-corrected chi connectivity index (χ0v) is 24.2. The first kappa shape index (κ1) is 34.9. The standard InChI is InChI=1S/C14H27NO6.C11H11N5.2ClH/c1-14(2)20-12-11(18-7-5-6-15(3)4)10(9(17)8-16)19-13(12)21-14;12-10-7-6-9(11(13)14-10)16-15-8-4-2-1-3-5-8;;/h9-13,16-17H,5-8H2,1-4H3;1-7H,(H4,12,13,14);2*1H. The van der Waals surface area contributed by atoms with Gasteiger partial charge in [-0.3, -0.25) is 0 Å². The lowest BCUT2D eigenvalue weighted by atomic mass is 10.1. The number of aliphatic hydroxyl groups excluding tert-OH is 2. The third kappa shape index (κ3) is 10.4. The second-order valence-corrected chi connectivity index (χ2v) is 9.49. The number of pyridine rings is 1. The van der Waals surface area contributed by atoms with Gasteiger partial charge in [0.05, 0.1) is 12.3 Å². The second kappa shape index (κ2) is 16.2. The number of rotatable bonds is 9. The number of aliphatic hydroxyl groups is 2. The molecule has 2 aromatic rings. The Morgan fingerprint density at radius 2 is 1.77 bits per heavy atom. The molecule has 0 bridgehead atoms. The van der Waals surface area contributed by atoms with E-state index in [2.05, 4.69) is 20.1 Å². The minimum absolute atomic E-state index is 0. The number of hydrogen-bond acceptors (Lipinski definition) is 12. The molecule has 3 heterocycles. The Kier molecular flexibility index (Phi) is 14.5. The van der Waals surface area contributed by atoms with Gasteiger partial charge in [0.25, 0.3) is 0 Å². The molecule has 2 aliphatic heterocycles. The molecule has 0 radical (unpaired) electrons. The molecule has 12 nitrogen and oxygen atoms in total. The number of hydrogen-bond donors (Lipinski definition) is 4. The number of ether oxygens (including phenoxy) is 4. The Balaban J connectivity index is 0.000000382. The summed E-state index contributed by atoms with van der Waals surface area (Å²) in [4.78, 5) is 5.97. The molecule has 1 aromatic carbocycles. The number of azo groups is 1. The second-order valence-electron chi connectivity index (χ2n) is 9.49. The third-order valence-electron chi connectivity index (χ3n) is 5.61. The predicted octanol–water partition coefficient (Wildman–Crippen LogP) is 3.06. The van der Waals surface area contributed by atoms with Crippen LogP contribution in [-0.4, -0.2) is 90.4 Å². The summed E-state index contributed by atoms with van der Waals surface area (Å²) in [7, 11) is 4.01. The Labute approximate surface area is 241 Å². The van der Waals surface area contributed by atoms with E-state index in [0.717, 1.165) is 18.7 Å². The van der Waals surface area contributed by atoms with Crippen molar-refractivity contribution in [1.29, 1.82) is 0 Å². The number of nitrogens with two attached hydrogens (primary N) is 2. The van der Waals surface area contributed by atoms with Gasteiger partial charge in [-0.15, -0.1) is 29.9 Å². The number of aromatic nitrogens is 1. The number of benzene rings is 1. The molecule has 4 rings (SSSR count). The first-order valence-electron chi connectivity index (χ1n) is 12.1. The fraction of sp³-hybridized carbons (Fsp3) is 0.560. The van der Waals surface area contributed by atoms with Gasteiger partial charge in [0, 0.05) is 6.61 Å². The minimum atomic E-state index is -1.01. The highest BCUT2D eigenvalue weighted by atomic mass is 35.5. The van der Waals surface area contributed by atoms with Gasteiger partial charge >= 0.3 is 0 Å². The molecule has 2 saturated heterocycles. The molecular formula is C25H40Cl2N6O6. The summed E-state index contributed by atoms with van der Waals surface area (Å²) in [6.45, 7) is 4.70. The smallest absolute Gasteiger partial charge is 0.190 e. The van der Waals surface area contributed by atoms with Crippen molar-refractivity contribution in [2.45, 2.75) is 56.8 Å². The molecule has 0 aliphatic carbocycles. The lowest BCUT2D eigenvalue weighted by Gasteiger charge is -2.28. The molecule has 2 fully saturated rings. The van der Waals surface area contributed by atoms with Crippen molar-refractivity contribution in [2.24, 2.45) is 10.2 Å². The van der Waals surface area contributed by atoms with Crippen LogP contribution in [0.1, 0.15) is 20.3 Å². The maximum atomic E-state index is 9.88. The van der Waals surface area contributed by atoms with E-state index in [1.54, 1.807) is 12.1 Å². The Hall–Kier alpha value is -2.13. The highest BCUT2D eigenvalue weighted by molar-refractivity contribution is 5.85. The predicted molar refractivity (Wildman–Crippen MR) is 153 cm³/mol. The monoisotopic (exact) mass is 590 g/mol. The molecule has 39 heavy (non-hydrogen) atoms. The quantitative estimate of drug-likeness (QED) is 0.251. The molecule has 5 unspecified atom stereocenters. The molecule has 220 valence electrons. The molecule has 0 saturated carbocycles. The zero-order chi connectivity index (χ0) is 27.0. The summed E-state index contributed by atoms with van der Waals surface area (Å²) >= 11 is 0. The highest BCUT2D eigenvalue weighted by Crippen LogP contribution is 2.39. The van der Waals surface area contributed by atoms with E-state index < -0.39 is 30.4 Å². The van der Waals surface area contributed by atoms with Crippen molar-refractivity contribution >= 4 is 47.8 Å². The van der Waals surface area contributed by atoms with Crippen LogP contribution < -0.4 is 11.5 Å². The number of nitrogen functional groups attached to an aromatic ring is 2. The van der Waals surface area contributed by atoms with Crippen molar-refractivity contribution in [1.82, 2.24) is 9.88 Å². The summed E-state index contributed by atoms with van der Waals surface area (Å²) in [6.07, 6.45) is -2.17. The van der Waals surface area contributed by atoms with Crippen LogP contribution in [0.4, 0.5) is 23.0 Å². The Morgan fingerprint density at radius 3 is 2.38 bits per heavy atom. The fourth-order valence-electron chi connectivity index (χ4n) is 3.88. The first-order chi connectivity index (χ1) is 17.6. The Morgan fingerprint density at radius 1 is 1.08 bits per heavy atom. The summed E-state index contributed by atoms with van der Waals surface area (Å²) < 4.78 is 23.0. The third-order valence-corrected chi connectivity index (χ3v) is 5.61. The maximum Gasteiger partial charge on any atom is 0.190 e. The Bertz CT molecular complexity index is 1020.